The maximum Gasteiger partial charge on any atom is 0.142 e. The molecule has 54 heavy (non-hydrogen) atoms. The number of methoxy groups -OCH3 is 2. The van der Waals surface area contributed by atoms with Gasteiger partial charge < -0.3 is 29.2 Å². The Kier molecular flexibility index (Phi) is 26.5. The summed E-state index contributed by atoms with van der Waals surface area (Å²) >= 11 is 0. The first-order valence-electron chi connectivity index (χ1n) is 18.9. The number of rotatable bonds is 19. The maximum absolute atomic E-state index is 9.14. The molecular weight excluding hydrogens is 680 g/mol. The first-order chi connectivity index (χ1) is 26.3. The van der Waals surface area contributed by atoms with Crippen molar-refractivity contribution in [2.24, 2.45) is 5.92 Å². The SMILES string of the molecule is C=CC=O.C=CC=O.CCc1cc(-c2ccc(C)cc2)c(OCCOC)cc1CCCO.COCCOc1cc(CCCO)ccc1C1=CCC(C)CC1. The molecule has 0 saturated carbocycles. The first-order valence-corrected chi connectivity index (χ1v) is 18.9. The van der Waals surface area contributed by atoms with Crippen LogP contribution in [0.15, 0.2) is 86.0 Å². The second kappa shape index (κ2) is 30.0. The molecule has 0 aliphatic heterocycles. The predicted octanol–water partition coefficient (Wildman–Crippen LogP) is 8.76. The Morgan fingerprint density at radius 3 is 1.83 bits per heavy atom. The lowest BCUT2D eigenvalue weighted by atomic mass is 9.87. The topological polar surface area (TPSA) is 112 Å². The van der Waals surface area contributed by atoms with Crippen LogP contribution in [0.2, 0.25) is 0 Å². The molecule has 1 aliphatic carbocycles. The molecule has 8 nitrogen and oxygen atoms in total. The zero-order valence-corrected chi connectivity index (χ0v) is 33.3. The van der Waals surface area contributed by atoms with E-state index in [1.165, 1.54) is 52.0 Å². The van der Waals surface area contributed by atoms with Gasteiger partial charge >= 0.3 is 0 Å². The minimum Gasteiger partial charge on any atom is -0.491 e. The van der Waals surface area contributed by atoms with E-state index in [0.29, 0.717) is 39.0 Å². The number of hydrogen-bond acceptors (Lipinski definition) is 8. The number of hydrogen-bond donors (Lipinski definition) is 2. The minimum absolute atomic E-state index is 0.211. The van der Waals surface area contributed by atoms with Crippen molar-refractivity contribution in [3.05, 3.63) is 114 Å². The number of ether oxygens (including phenoxy) is 4. The Balaban J connectivity index is 0.000000451. The maximum atomic E-state index is 9.14. The Morgan fingerprint density at radius 2 is 1.33 bits per heavy atom. The van der Waals surface area contributed by atoms with Crippen molar-refractivity contribution < 1.29 is 38.7 Å². The van der Waals surface area contributed by atoms with Crippen LogP contribution in [0, 0.1) is 12.8 Å². The van der Waals surface area contributed by atoms with Gasteiger partial charge in [-0.15, -0.1) is 0 Å². The molecule has 0 heterocycles. The van der Waals surface area contributed by atoms with E-state index in [9.17, 15) is 0 Å². The van der Waals surface area contributed by atoms with Crippen molar-refractivity contribution in [3.8, 4) is 22.6 Å². The summed E-state index contributed by atoms with van der Waals surface area (Å²) in [6.07, 6.45) is 13.8. The summed E-state index contributed by atoms with van der Waals surface area (Å²) in [5, 5.41) is 18.1. The molecule has 3 aromatic carbocycles. The summed E-state index contributed by atoms with van der Waals surface area (Å²) in [4.78, 5) is 18.1. The van der Waals surface area contributed by atoms with Gasteiger partial charge in [0.1, 0.15) is 37.3 Å². The lowest BCUT2D eigenvalue weighted by Gasteiger charge is -2.21. The molecule has 0 spiro atoms. The minimum atomic E-state index is 0.211. The highest BCUT2D eigenvalue weighted by atomic mass is 16.5. The standard InChI is InChI=1S/C21H28O3.C19H28O3.2C3H4O/c1-4-17-14-20(18-9-7-16(2)8-10-18)21(24-13-12-23-3)15-19(17)6-5-11-22;1-15-5-8-17(9-6-15)18-10-7-16(4-3-11-20)14-19(18)22-13-12-21-2;2*1-2-3-4/h7-10,14-15,22H,4-6,11-13H2,1-3H3;7-8,10,14-15,20H,3-6,9,11-13H2,1-2H3;2*2-3H,1H2. The highest BCUT2D eigenvalue weighted by Gasteiger charge is 2.16. The van der Waals surface area contributed by atoms with Crippen LogP contribution >= 0.6 is 0 Å². The van der Waals surface area contributed by atoms with Crippen molar-refractivity contribution in [1.82, 2.24) is 0 Å². The second-order valence-electron chi connectivity index (χ2n) is 12.9. The smallest absolute Gasteiger partial charge is 0.142 e. The molecule has 0 amide bonds. The van der Waals surface area contributed by atoms with E-state index < -0.39 is 0 Å². The normalized spacial score (nSPS) is 12.9. The zero-order valence-electron chi connectivity index (χ0n) is 33.3. The molecular formula is C46H64O8. The first kappa shape index (κ1) is 47.7. The van der Waals surface area contributed by atoms with Crippen molar-refractivity contribution in [2.45, 2.75) is 72.1 Å². The molecule has 0 saturated heterocycles. The third-order valence-electron chi connectivity index (χ3n) is 8.62. The molecule has 1 unspecified atom stereocenters. The summed E-state index contributed by atoms with van der Waals surface area (Å²) < 4.78 is 22.1. The Bertz CT molecular complexity index is 1500. The van der Waals surface area contributed by atoms with Gasteiger partial charge in [-0.05, 0) is 122 Å². The number of allylic oxidation sites excluding steroid dienone is 4. The molecule has 296 valence electrons. The number of benzene rings is 3. The Hall–Kier alpha value is -4.34. The molecule has 0 bridgehead atoms. The summed E-state index contributed by atoms with van der Waals surface area (Å²) in [6.45, 7) is 15.5. The summed E-state index contributed by atoms with van der Waals surface area (Å²) in [7, 11) is 3.37. The highest BCUT2D eigenvalue weighted by Crippen LogP contribution is 2.36. The molecule has 8 heteroatoms. The lowest BCUT2D eigenvalue weighted by Crippen LogP contribution is -2.08. The molecule has 0 fully saturated rings. The third-order valence-corrected chi connectivity index (χ3v) is 8.62. The van der Waals surface area contributed by atoms with E-state index in [0.717, 1.165) is 73.5 Å². The predicted molar refractivity (Wildman–Crippen MR) is 222 cm³/mol. The average Bonchev–Trinajstić information content (AvgIpc) is 3.20. The fraction of sp³-hybridized carbons (Fsp3) is 0.435. The average molecular weight is 745 g/mol. The largest absolute Gasteiger partial charge is 0.491 e. The molecule has 3 aromatic rings. The third kappa shape index (κ3) is 18.6. The van der Waals surface area contributed by atoms with E-state index in [1.54, 1.807) is 14.2 Å². The van der Waals surface area contributed by atoms with Crippen molar-refractivity contribution in [3.63, 3.8) is 0 Å². The molecule has 4 rings (SSSR count). The van der Waals surface area contributed by atoms with Crippen molar-refractivity contribution in [1.29, 1.82) is 0 Å². The number of aryl methyl sites for hydroxylation is 4. The summed E-state index contributed by atoms with van der Waals surface area (Å²) in [5.74, 6) is 2.62. The van der Waals surface area contributed by atoms with E-state index in [1.807, 2.05) is 0 Å². The Morgan fingerprint density at radius 1 is 0.759 bits per heavy atom. The molecule has 2 N–H and O–H groups in total. The number of carbonyl (C=O) groups excluding carboxylic acids is 2. The zero-order chi connectivity index (χ0) is 40.0. The van der Waals surface area contributed by atoms with Gasteiger partial charge in [0.25, 0.3) is 0 Å². The van der Waals surface area contributed by atoms with Crippen molar-refractivity contribution >= 4 is 18.1 Å². The molecule has 1 aliphatic rings. The molecule has 1 atom stereocenters. The van der Waals surface area contributed by atoms with E-state index in [4.69, 9.17) is 38.7 Å². The second-order valence-corrected chi connectivity index (χ2v) is 12.9. The van der Waals surface area contributed by atoms with Crippen LogP contribution in [0.4, 0.5) is 0 Å². The lowest BCUT2D eigenvalue weighted by molar-refractivity contribution is -0.104. The number of carbonyl (C=O) groups is 2. The summed E-state index contributed by atoms with van der Waals surface area (Å²) in [6, 6.07) is 19.4. The molecule has 0 radical (unpaired) electrons. The quantitative estimate of drug-likeness (QED) is 0.0713. The van der Waals surface area contributed by atoms with Gasteiger partial charge in [0.2, 0.25) is 0 Å². The van der Waals surface area contributed by atoms with E-state index in [-0.39, 0.29) is 13.2 Å². The van der Waals surface area contributed by atoms with Crippen LogP contribution < -0.4 is 9.47 Å². The van der Waals surface area contributed by atoms with Gasteiger partial charge in [0.05, 0.1) is 13.2 Å². The number of aldehydes is 2. The fourth-order valence-electron chi connectivity index (χ4n) is 5.65. The van der Waals surface area contributed by atoms with Gasteiger partial charge in [-0.1, -0.05) is 75.0 Å². The van der Waals surface area contributed by atoms with E-state index >= 15 is 0 Å². The van der Waals surface area contributed by atoms with Crippen LogP contribution in [-0.4, -0.2) is 76.6 Å². The monoisotopic (exact) mass is 744 g/mol. The fourth-order valence-corrected chi connectivity index (χ4v) is 5.65. The number of aliphatic hydroxyl groups excluding tert-OH is 2. The Labute approximate surface area is 324 Å². The van der Waals surface area contributed by atoms with Gasteiger partial charge in [-0.2, -0.15) is 0 Å². The van der Waals surface area contributed by atoms with Crippen LogP contribution in [0.5, 0.6) is 11.5 Å². The highest BCUT2D eigenvalue weighted by molar-refractivity contribution is 5.73. The van der Waals surface area contributed by atoms with Gasteiger partial charge in [-0.25, -0.2) is 0 Å². The van der Waals surface area contributed by atoms with Gasteiger partial charge in [-0.3, -0.25) is 9.59 Å². The molecule has 0 aromatic heterocycles. The van der Waals surface area contributed by atoms with E-state index in [2.05, 4.69) is 94.6 Å². The van der Waals surface area contributed by atoms with Crippen molar-refractivity contribution in [2.75, 3.05) is 53.9 Å². The van der Waals surface area contributed by atoms with Gasteiger partial charge in [0, 0.05) is 38.6 Å². The van der Waals surface area contributed by atoms with Crippen LogP contribution in [0.25, 0.3) is 16.7 Å². The number of aliphatic hydroxyl groups is 2. The van der Waals surface area contributed by atoms with Gasteiger partial charge in [0.15, 0.2) is 0 Å². The van der Waals surface area contributed by atoms with Crippen LogP contribution in [-0.2, 0) is 38.3 Å². The van der Waals surface area contributed by atoms with Crippen LogP contribution in [0.3, 0.4) is 0 Å². The van der Waals surface area contributed by atoms with Crippen LogP contribution in [0.1, 0.15) is 73.8 Å². The summed E-state index contributed by atoms with van der Waals surface area (Å²) in [5.41, 5.74) is 9.95.